The van der Waals surface area contributed by atoms with Crippen LogP contribution in [0.25, 0.3) is 0 Å². The Morgan fingerprint density at radius 1 is 0.953 bits per heavy atom. The van der Waals surface area contributed by atoms with E-state index in [9.17, 15) is 24.3 Å². The van der Waals surface area contributed by atoms with Gasteiger partial charge in [0.25, 0.3) is 5.91 Å². The number of aliphatic hydroxyl groups is 1. The summed E-state index contributed by atoms with van der Waals surface area (Å²) in [6.45, 7) is 14.3. The summed E-state index contributed by atoms with van der Waals surface area (Å²) in [5.41, 5.74) is 0.266. The molecule has 0 saturated carbocycles. The van der Waals surface area contributed by atoms with E-state index >= 15 is 0 Å². The van der Waals surface area contributed by atoms with Crippen LogP contribution in [0.2, 0.25) is 0 Å². The van der Waals surface area contributed by atoms with Gasteiger partial charge in [-0.15, -0.1) is 0 Å². The molecule has 4 atom stereocenters. The summed E-state index contributed by atoms with van der Waals surface area (Å²) in [7, 11) is 0. The van der Waals surface area contributed by atoms with Gasteiger partial charge in [0, 0.05) is 19.6 Å². The van der Waals surface area contributed by atoms with Crippen LogP contribution in [0, 0.1) is 11.3 Å². The lowest BCUT2D eigenvalue weighted by atomic mass is 9.85. The van der Waals surface area contributed by atoms with Gasteiger partial charge in [0.1, 0.15) is 12.1 Å². The number of nitrogens with one attached hydrogen (secondary N) is 4. The highest BCUT2D eigenvalue weighted by Gasteiger charge is 2.36. The van der Waals surface area contributed by atoms with Gasteiger partial charge in [-0.25, -0.2) is 0 Å². The molecule has 1 aromatic carbocycles. The van der Waals surface area contributed by atoms with E-state index in [4.69, 9.17) is 4.74 Å². The molecule has 0 aromatic heterocycles. The smallest absolute Gasteiger partial charge is 0.251 e. The first kappa shape index (κ1) is 36.2. The van der Waals surface area contributed by atoms with Crippen molar-refractivity contribution in [2.45, 2.75) is 98.0 Å². The molecule has 0 spiro atoms. The monoisotopic (exact) mass is 603 g/mol. The molecule has 1 aliphatic rings. The van der Waals surface area contributed by atoms with Crippen LogP contribution in [0.15, 0.2) is 30.3 Å². The van der Waals surface area contributed by atoms with E-state index in [-0.39, 0.29) is 24.9 Å². The lowest BCUT2D eigenvalue weighted by molar-refractivity contribution is -0.136. The summed E-state index contributed by atoms with van der Waals surface area (Å²) in [6.07, 6.45) is 0.779. The maximum atomic E-state index is 13.6. The number of hydrogen-bond acceptors (Lipinski definition) is 7. The van der Waals surface area contributed by atoms with E-state index < -0.39 is 47.4 Å². The van der Waals surface area contributed by atoms with Gasteiger partial charge in [-0.1, -0.05) is 84.7 Å². The number of carbonyl (C=O) groups is 4. The number of ether oxygens (including phenoxy) is 1. The largest absolute Gasteiger partial charge is 0.381 e. The molecule has 1 fully saturated rings. The third-order valence-corrected chi connectivity index (χ3v) is 7.40. The van der Waals surface area contributed by atoms with Crippen molar-refractivity contribution >= 4 is 23.6 Å². The Labute approximate surface area is 256 Å². The van der Waals surface area contributed by atoms with Gasteiger partial charge >= 0.3 is 0 Å². The van der Waals surface area contributed by atoms with Gasteiger partial charge in [0.05, 0.1) is 25.8 Å². The van der Waals surface area contributed by atoms with Crippen LogP contribution in [-0.2, 0) is 30.5 Å². The highest BCUT2D eigenvalue weighted by molar-refractivity contribution is 5.93. The number of benzene rings is 1. The van der Waals surface area contributed by atoms with Crippen molar-refractivity contribution in [3.05, 3.63) is 35.9 Å². The number of morpholine rings is 1. The van der Waals surface area contributed by atoms with Gasteiger partial charge < -0.3 is 31.1 Å². The normalized spacial score (nSPS) is 16.9. The fourth-order valence-corrected chi connectivity index (χ4v) is 4.89. The van der Waals surface area contributed by atoms with E-state index in [1.807, 2.05) is 76.8 Å². The molecule has 0 bridgehead atoms. The van der Waals surface area contributed by atoms with Crippen molar-refractivity contribution in [3.8, 4) is 0 Å². The summed E-state index contributed by atoms with van der Waals surface area (Å²) in [5.74, 6) is -1.73. The first-order chi connectivity index (χ1) is 20.3. The lowest BCUT2D eigenvalue weighted by Crippen LogP contribution is -2.60. The summed E-state index contributed by atoms with van der Waals surface area (Å²) >= 11 is 0. The molecule has 1 saturated heterocycles. The van der Waals surface area contributed by atoms with Crippen molar-refractivity contribution in [2.24, 2.45) is 11.3 Å². The molecule has 43 heavy (non-hydrogen) atoms. The van der Waals surface area contributed by atoms with Crippen LogP contribution in [0.5, 0.6) is 0 Å². The summed E-state index contributed by atoms with van der Waals surface area (Å²) in [5, 5.41) is 22.2. The van der Waals surface area contributed by atoms with Crippen molar-refractivity contribution in [3.63, 3.8) is 0 Å². The van der Waals surface area contributed by atoms with Crippen LogP contribution in [0.3, 0.4) is 0 Å². The van der Waals surface area contributed by atoms with Crippen molar-refractivity contribution in [2.75, 3.05) is 32.8 Å². The highest BCUT2D eigenvalue weighted by Crippen LogP contribution is 2.20. The third-order valence-electron chi connectivity index (χ3n) is 7.40. The molecule has 5 N–H and O–H groups in total. The van der Waals surface area contributed by atoms with Crippen LogP contribution >= 0.6 is 0 Å². The number of nitrogens with zero attached hydrogens (tertiary/aromatic N) is 1. The molecule has 1 heterocycles. The Hall–Kier alpha value is -3.02. The van der Waals surface area contributed by atoms with E-state index in [1.54, 1.807) is 0 Å². The molecule has 0 aliphatic carbocycles. The fraction of sp³-hybridized carbons (Fsp3) is 0.688. The molecular formula is C32H53N5O6. The number of unbranched alkanes of at least 4 members (excludes halogenated alkanes) is 1. The van der Waals surface area contributed by atoms with Gasteiger partial charge in [-0.3, -0.25) is 24.1 Å². The number of amides is 4. The van der Waals surface area contributed by atoms with Gasteiger partial charge in [0.2, 0.25) is 17.7 Å². The Balaban J connectivity index is 2.11. The molecule has 1 aliphatic heterocycles. The van der Waals surface area contributed by atoms with Crippen LogP contribution < -0.4 is 21.3 Å². The Morgan fingerprint density at radius 2 is 1.60 bits per heavy atom. The molecule has 11 heteroatoms. The van der Waals surface area contributed by atoms with Gasteiger partial charge in [-0.2, -0.15) is 0 Å². The molecule has 2 unspecified atom stereocenters. The first-order valence-electron chi connectivity index (χ1n) is 15.5. The number of rotatable bonds is 16. The summed E-state index contributed by atoms with van der Waals surface area (Å²) in [6, 6.07) is 6.73. The minimum Gasteiger partial charge on any atom is -0.381 e. The molecule has 11 nitrogen and oxygen atoms in total. The standard InChI is InChI=1S/C32H53N5O6/c1-7-8-14-24(27(39)30(41)33-20-23-12-10-9-11-13-23)34-29(40)25(19-22(2)3)35-31(42)28(32(4,5)6)36-26(38)21-37-15-17-43-18-16-37/h9-13,22,24-25,27-28,39H,7-8,14-21H2,1-6H3,(H,33,41)(H,34,40)(H,35,42)(H,36,38)/t24?,25-,27?,28+/m0/s1. The zero-order valence-corrected chi connectivity index (χ0v) is 26.8. The lowest BCUT2D eigenvalue weighted by Gasteiger charge is -2.33. The second-order valence-electron chi connectivity index (χ2n) is 12.9. The van der Waals surface area contributed by atoms with Crippen molar-refractivity contribution in [1.82, 2.24) is 26.2 Å². The first-order valence-corrected chi connectivity index (χ1v) is 15.5. The predicted molar refractivity (Wildman–Crippen MR) is 166 cm³/mol. The molecule has 0 radical (unpaired) electrons. The maximum Gasteiger partial charge on any atom is 0.251 e. The quantitative estimate of drug-likeness (QED) is 0.193. The van der Waals surface area contributed by atoms with Crippen molar-refractivity contribution in [1.29, 1.82) is 0 Å². The minimum absolute atomic E-state index is 0.0632. The van der Waals surface area contributed by atoms with Gasteiger partial charge in [-0.05, 0) is 29.7 Å². The van der Waals surface area contributed by atoms with Crippen LogP contribution in [0.4, 0.5) is 0 Å². The average molecular weight is 604 g/mol. The molecule has 242 valence electrons. The highest BCUT2D eigenvalue weighted by atomic mass is 16.5. The summed E-state index contributed by atoms with van der Waals surface area (Å²) in [4.78, 5) is 54.9. The SMILES string of the molecule is CCCCC(NC(=O)[C@H](CC(C)C)NC(=O)[C@@H](NC(=O)CN1CCOCC1)C(C)(C)C)C(O)C(=O)NCc1ccccc1. The van der Waals surface area contributed by atoms with Crippen molar-refractivity contribution < 1.29 is 29.0 Å². The predicted octanol–water partition coefficient (Wildman–Crippen LogP) is 1.73. The zero-order valence-electron chi connectivity index (χ0n) is 26.8. The van der Waals surface area contributed by atoms with E-state index in [0.29, 0.717) is 45.6 Å². The molecule has 2 rings (SSSR count). The molecule has 4 amide bonds. The topological polar surface area (TPSA) is 149 Å². The van der Waals surface area contributed by atoms with Crippen LogP contribution in [0.1, 0.15) is 72.8 Å². The second-order valence-corrected chi connectivity index (χ2v) is 12.9. The van der Waals surface area contributed by atoms with E-state index in [1.165, 1.54) is 0 Å². The minimum atomic E-state index is -1.46. The average Bonchev–Trinajstić information content (AvgIpc) is 2.96. The fourth-order valence-electron chi connectivity index (χ4n) is 4.89. The number of carbonyl (C=O) groups excluding carboxylic acids is 4. The Kier molecular flexibility index (Phi) is 15.1. The maximum absolute atomic E-state index is 13.6. The van der Waals surface area contributed by atoms with Crippen LogP contribution in [-0.4, -0.2) is 90.7 Å². The van der Waals surface area contributed by atoms with Gasteiger partial charge in [0.15, 0.2) is 6.10 Å². The summed E-state index contributed by atoms with van der Waals surface area (Å²) < 4.78 is 5.35. The Morgan fingerprint density at radius 3 is 2.19 bits per heavy atom. The second kappa shape index (κ2) is 17.9. The van der Waals surface area contributed by atoms with E-state index in [0.717, 1.165) is 12.0 Å². The third kappa shape index (κ3) is 13.0. The molecular weight excluding hydrogens is 550 g/mol. The number of hydrogen-bond donors (Lipinski definition) is 5. The molecule has 1 aromatic rings. The Bertz CT molecular complexity index is 1020. The zero-order chi connectivity index (χ0) is 32.0. The van der Waals surface area contributed by atoms with E-state index in [2.05, 4.69) is 21.3 Å². The number of aliphatic hydroxyl groups excluding tert-OH is 1.